The molecule has 0 saturated carbocycles. The minimum Gasteiger partial charge on any atom is -0.465 e. The SMILES string of the molecule is COC(=O)c1ccc(Nc2ccc(S(=O)(=O)N3CCCCC3)cn2)cc1. The molecular formula is C18H21N3O4S. The molecule has 1 fully saturated rings. The molecule has 7 nitrogen and oxygen atoms in total. The third-order valence-corrected chi connectivity index (χ3v) is 6.15. The summed E-state index contributed by atoms with van der Waals surface area (Å²) in [6.07, 6.45) is 4.23. The predicted octanol–water partition coefficient (Wildman–Crippen LogP) is 2.79. The highest BCUT2D eigenvalue weighted by molar-refractivity contribution is 7.89. The number of piperidine rings is 1. The van der Waals surface area contributed by atoms with Crippen molar-refractivity contribution in [2.24, 2.45) is 0 Å². The Balaban J connectivity index is 1.70. The van der Waals surface area contributed by atoms with E-state index in [4.69, 9.17) is 0 Å². The molecule has 1 aliphatic heterocycles. The Labute approximate surface area is 153 Å². The fourth-order valence-corrected chi connectivity index (χ4v) is 4.28. The summed E-state index contributed by atoms with van der Waals surface area (Å²) in [7, 11) is -2.15. The average molecular weight is 375 g/mol. The first-order chi connectivity index (χ1) is 12.5. The second-order valence-electron chi connectivity index (χ2n) is 6.04. The van der Waals surface area contributed by atoms with Crippen molar-refractivity contribution in [3.05, 3.63) is 48.2 Å². The molecule has 0 spiro atoms. The number of methoxy groups -OCH3 is 1. The summed E-state index contributed by atoms with van der Waals surface area (Å²) in [5.74, 6) is 0.121. The number of esters is 1. The van der Waals surface area contributed by atoms with Crippen LogP contribution in [-0.2, 0) is 14.8 Å². The van der Waals surface area contributed by atoms with Crippen LogP contribution in [-0.4, -0.2) is 43.9 Å². The number of ether oxygens (including phenoxy) is 1. The molecule has 2 aromatic rings. The van der Waals surface area contributed by atoms with Crippen LogP contribution in [0.2, 0.25) is 0 Å². The summed E-state index contributed by atoms with van der Waals surface area (Å²) < 4.78 is 31.4. The normalized spacial score (nSPS) is 15.4. The number of carbonyl (C=O) groups is 1. The molecule has 8 heteroatoms. The summed E-state index contributed by atoms with van der Waals surface area (Å²) in [5.41, 5.74) is 1.19. The summed E-state index contributed by atoms with van der Waals surface area (Å²) in [5, 5.41) is 3.07. The molecule has 1 aliphatic rings. The third kappa shape index (κ3) is 4.03. The van der Waals surface area contributed by atoms with Crippen LogP contribution in [0.1, 0.15) is 29.6 Å². The number of carbonyl (C=O) groups excluding carboxylic acids is 1. The number of rotatable bonds is 5. The Bertz CT molecular complexity index is 858. The molecule has 2 heterocycles. The highest BCUT2D eigenvalue weighted by atomic mass is 32.2. The molecular weight excluding hydrogens is 354 g/mol. The standard InChI is InChI=1S/C18H21N3O4S/c1-25-18(22)14-5-7-15(8-6-14)20-17-10-9-16(13-19-17)26(23,24)21-11-3-2-4-12-21/h5-10,13H,2-4,11-12H2,1H3,(H,19,20). The van der Waals surface area contributed by atoms with Gasteiger partial charge in [0, 0.05) is 25.0 Å². The van der Waals surface area contributed by atoms with E-state index in [-0.39, 0.29) is 4.90 Å². The second-order valence-corrected chi connectivity index (χ2v) is 7.98. The summed E-state index contributed by atoms with van der Waals surface area (Å²) >= 11 is 0. The molecule has 0 radical (unpaired) electrons. The van der Waals surface area contributed by atoms with Crippen molar-refractivity contribution < 1.29 is 17.9 Å². The molecule has 0 atom stereocenters. The van der Waals surface area contributed by atoms with Crippen LogP contribution >= 0.6 is 0 Å². The van der Waals surface area contributed by atoms with Crippen LogP contribution in [0.15, 0.2) is 47.5 Å². The van der Waals surface area contributed by atoms with E-state index in [1.807, 2.05) is 0 Å². The van der Waals surface area contributed by atoms with Gasteiger partial charge in [-0.2, -0.15) is 4.31 Å². The van der Waals surface area contributed by atoms with Crippen LogP contribution < -0.4 is 5.32 Å². The molecule has 1 aromatic carbocycles. The summed E-state index contributed by atoms with van der Waals surface area (Å²) in [6, 6.07) is 9.93. The van der Waals surface area contributed by atoms with E-state index in [2.05, 4.69) is 15.0 Å². The number of hydrogen-bond donors (Lipinski definition) is 1. The van der Waals surface area contributed by atoms with Gasteiger partial charge < -0.3 is 10.1 Å². The molecule has 0 aliphatic carbocycles. The van der Waals surface area contributed by atoms with Crippen LogP contribution in [0.5, 0.6) is 0 Å². The lowest BCUT2D eigenvalue weighted by Crippen LogP contribution is -2.35. The Kier molecular flexibility index (Phi) is 5.53. The highest BCUT2D eigenvalue weighted by Gasteiger charge is 2.26. The zero-order valence-electron chi connectivity index (χ0n) is 14.5. The van der Waals surface area contributed by atoms with Crippen molar-refractivity contribution in [1.29, 1.82) is 0 Å². The van der Waals surface area contributed by atoms with Crippen LogP contribution in [0.3, 0.4) is 0 Å². The molecule has 0 unspecified atom stereocenters. The Hall–Kier alpha value is -2.45. The van der Waals surface area contributed by atoms with Gasteiger partial charge in [0.1, 0.15) is 10.7 Å². The highest BCUT2D eigenvalue weighted by Crippen LogP contribution is 2.22. The Morgan fingerprint density at radius 1 is 1.08 bits per heavy atom. The van der Waals surface area contributed by atoms with Crippen LogP contribution in [0, 0.1) is 0 Å². The van der Waals surface area contributed by atoms with Gasteiger partial charge in [-0.3, -0.25) is 0 Å². The van der Waals surface area contributed by atoms with Gasteiger partial charge in [-0.1, -0.05) is 6.42 Å². The van der Waals surface area contributed by atoms with Gasteiger partial charge in [0.15, 0.2) is 0 Å². The minimum absolute atomic E-state index is 0.200. The molecule has 138 valence electrons. The van der Waals surface area contributed by atoms with E-state index in [1.165, 1.54) is 17.6 Å². The van der Waals surface area contributed by atoms with Gasteiger partial charge in [0.25, 0.3) is 0 Å². The topological polar surface area (TPSA) is 88.6 Å². The lowest BCUT2D eigenvalue weighted by atomic mass is 10.2. The fraction of sp³-hybridized carbons (Fsp3) is 0.333. The number of anilines is 2. The van der Waals surface area contributed by atoms with Crippen LogP contribution in [0.4, 0.5) is 11.5 Å². The number of benzene rings is 1. The first-order valence-electron chi connectivity index (χ1n) is 8.42. The smallest absolute Gasteiger partial charge is 0.337 e. The van der Waals surface area contributed by atoms with Crippen molar-refractivity contribution in [3.8, 4) is 0 Å². The van der Waals surface area contributed by atoms with Crippen molar-refractivity contribution in [3.63, 3.8) is 0 Å². The lowest BCUT2D eigenvalue weighted by molar-refractivity contribution is 0.0600. The van der Waals surface area contributed by atoms with E-state index in [9.17, 15) is 13.2 Å². The van der Waals surface area contributed by atoms with Crippen molar-refractivity contribution in [2.45, 2.75) is 24.2 Å². The maximum Gasteiger partial charge on any atom is 0.337 e. The van der Waals surface area contributed by atoms with Gasteiger partial charge in [-0.25, -0.2) is 18.2 Å². The number of nitrogens with one attached hydrogen (secondary N) is 1. The van der Waals surface area contributed by atoms with Crippen molar-refractivity contribution in [1.82, 2.24) is 9.29 Å². The van der Waals surface area contributed by atoms with Gasteiger partial charge in [0.2, 0.25) is 10.0 Å². The first-order valence-corrected chi connectivity index (χ1v) is 9.86. The number of hydrogen-bond acceptors (Lipinski definition) is 6. The van der Waals surface area contributed by atoms with Gasteiger partial charge >= 0.3 is 5.97 Å². The summed E-state index contributed by atoms with van der Waals surface area (Å²) in [4.78, 5) is 15.8. The predicted molar refractivity (Wildman–Crippen MR) is 97.9 cm³/mol. The maximum atomic E-state index is 12.6. The third-order valence-electron chi connectivity index (χ3n) is 4.27. The molecule has 1 N–H and O–H groups in total. The largest absolute Gasteiger partial charge is 0.465 e. The zero-order valence-corrected chi connectivity index (χ0v) is 15.3. The number of aromatic nitrogens is 1. The molecule has 1 saturated heterocycles. The number of nitrogens with zero attached hydrogens (tertiary/aromatic N) is 2. The first kappa shape index (κ1) is 18.3. The molecule has 3 rings (SSSR count). The minimum atomic E-state index is -3.48. The monoisotopic (exact) mass is 375 g/mol. The van der Waals surface area contributed by atoms with Gasteiger partial charge in [-0.05, 0) is 49.2 Å². The quantitative estimate of drug-likeness (QED) is 0.809. The summed E-state index contributed by atoms with van der Waals surface area (Å²) in [6.45, 7) is 1.13. The van der Waals surface area contributed by atoms with Crippen molar-refractivity contribution in [2.75, 3.05) is 25.5 Å². The van der Waals surface area contributed by atoms with E-state index in [0.29, 0.717) is 24.5 Å². The fourth-order valence-electron chi connectivity index (χ4n) is 2.82. The Morgan fingerprint density at radius 2 is 1.77 bits per heavy atom. The van der Waals surface area contributed by atoms with E-state index in [0.717, 1.165) is 24.9 Å². The molecule has 0 bridgehead atoms. The van der Waals surface area contributed by atoms with E-state index >= 15 is 0 Å². The second kappa shape index (κ2) is 7.84. The lowest BCUT2D eigenvalue weighted by Gasteiger charge is -2.25. The van der Waals surface area contributed by atoms with Gasteiger partial charge in [-0.15, -0.1) is 0 Å². The van der Waals surface area contributed by atoms with Crippen molar-refractivity contribution >= 4 is 27.5 Å². The average Bonchev–Trinajstić information content (AvgIpc) is 2.69. The van der Waals surface area contributed by atoms with E-state index in [1.54, 1.807) is 36.4 Å². The maximum absolute atomic E-state index is 12.6. The molecule has 1 aromatic heterocycles. The Morgan fingerprint density at radius 3 is 2.35 bits per heavy atom. The number of sulfonamides is 1. The van der Waals surface area contributed by atoms with Gasteiger partial charge in [0.05, 0.1) is 12.7 Å². The van der Waals surface area contributed by atoms with Crippen LogP contribution in [0.25, 0.3) is 0 Å². The zero-order chi connectivity index (χ0) is 18.6. The molecule has 26 heavy (non-hydrogen) atoms. The van der Waals surface area contributed by atoms with E-state index < -0.39 is 16.0 Å². The number of pyridine rings is 1. The molecule has 0 amide bonds.